The zero-order valence-corrected chi connectivity index (χ0v) is 16.5. The molecule has 0 aromatic heterocycles. The summed E-state index contributed by atoms with van der Waals surface area (Å²) in [4.78, 5) is 36.8. The molecule has 1 aliphatic rings. The first-order valence-electron chi connectivity index (χ1n) is 8.42. The lowest BCUT2D eigenvalue weighted by molar-refractivity contribution is -0.384. The molecular weight excluding hydrogens is 414 g/mol. The van der Waals surface area contributed by atoms with Crippen molar-refractivity contribution in [2.45, 2.75) is 6.42 Å². The molecule has 0 radical (unpaired) electrons. The van der Waals surface area contributed by atoms with Crippen LogP contribution in [0, 0.1) is 10.1 Å². The number of phenols is 1. The number of nitro benzene ring substituents is 1. The number of non-ortho nitro benzene ring substituents is 1. The lowest BCUT2D eigenvalue weighted by atomic mass is 10.2. The van der Waals surface area contributed by atoms with Crippen molar-refractivity contribution >= 4 is 57.6 Å². The summed E-state index contributed by atoms with van der Waals surface area (Å²) in [7, 11) is 0. The van der Waals surface area contributed by atoms with Gasteiger partial charge in [-0.3, -0.25) is 24.6 Å². The summed E-state index contributed by atoms with van der Waals surface area (Å²) in [6.07, 6.45) is 1.58. The Morgan fingerprint density at radius 3 is 2.69 bits per heavy atom. The molecular formula is C19H15N3O5S2. The molecule has 148 valence electrons. The maximum atomic E-state index is 12.6. The van der Waals surface area contributed by atoms with Crippen molar-refractivity contribution in [2.75, 3.05) is 11.9 Å². The second-order valence-corrected chi connectivity index (χ2v) is 7.71. The van der Waals surface area contributed by atoms with E-state index < -0.39 is 4.92 Å². The molecule has 2 N–H and O–H groups in total. The standard InChI is InChI=1S/C19H15N3O5S2/c23-15-6-4-13(5-7-15)20-17(24)8-9-21-18(25)16(29-19(21)28)11-12-2-1-3-14(10-12)22(26)27/h1-7,10-11,23H,8-9H2,(H,20,24)/b16-11-. The fourth-order valence-corrected chi connectivity index (χ4v) is 3.86. The number of nitrogens with zero attached hydrogens (tertiary/aromatic N) is 2. The van der Waals surface area contributed by atoms with E-state index in [9.17, 15) is 24.8 Å². The molecule has 0 atom stereocenters. The first-order valence-corrected chi connectivity index (χ1v) is 9.64. The number of hydrogen-bond acceptors (Lipinski definition) is 7. The third-order valence-electron chi connectivity index (χ3n) is 3.97. The van der Waals surface area contributed by atoms with Crippen molar-refractivity contribution in [3.05, 3.63) is 69.1 Å². The smallest absolute Gasteiger partial charge is 0.270 e. The molecule has 1 saturated heterocycles. The topological polar surface area (TPSA) is 113 Å². The van der Waals surface area contributed by atoms with Crippen LogP contribution in [0.2, 0.25) is 0 Å². The highest BCUT2D eigenvalue weighted by atomic mass is 32.2. The maximum Gasteiger partial charge on any atom is 0.270 e. The first-order chi connectivity index (χ1) is 13.8. The minimum Gasteiger partial charge on any atom is -0.508 e. The highest BCUT2D eigenvalue weighted by Gasteiger charge is 2.32. The molecule has 10 heteroatoms. The summed E-state index contributed by atoms with van der Waals surface area (Å²) < 4.78 is 0.323. The zero-order chi connectivity index (χ0) is 21.0. The number of benzene rings is 2. The van der Waals surface area contributed by atoms with E-state index in [0.29, 0.717) is 20.5 Å². The van der Waals surface area contributed by atoms with Gasteiger partial charge < -0.3 is 10.4 Å². The van der Waals surface area contributed by atoms with E-state index >= 15 is 0 Å². The Hall–Kier alpha value is -3.24. The van der Waals surface area contributed by atoms with Crippen LogP contribution in [0.4, 0.5) is 11.4 Å². The van der Waals surface area contributed by atoms with Crippen LogP contribution < -0.4 is 5.32 Å². The number of thiocarbonyl (C=S) groups is 1. The SMILES string of the molecule is O=C(CCN1C(=O)/C(=C/c2cccc([N+](=O)[O-])c2)SC1=S)Nc1ccc(O)cc1. The summed E-state index contributed by atoms with van der Waals surface area (Å²) in [5.74, 6) is -0.549. The van der Waals surface area contributed by atoms with Crippen molar-refractivity contribution in [1.29, 1.82) is 0 Å². The monoisotopic (exact) mass is 429 g/mol. The van der Waals surface area contributed by atoms with Gasteiger partial charge in [-0.25, -0.2) is 0 Å². The van der Waals surface area contributed by atoms with E-state index in [1.807, 2.05) is 0 Å². The summed E-state index contributed by atoms with van der Waals surface area (Å²) in [6.45, 7) is 0.112. The van der Waals surface area contributed by atoms with Gasteiger partial charge in [0.15, 0.2) is 0 Å². The van der Waals surface area contributed by atoms with E-state index in [1.165, 1.54) is 29.2 Å². The fourth-order valence-electron chi connectivity index (χ4n) is 2.55. The van der Waals surface area contributed by atoms with Gasteiger partial charge in [-0.05, 0) is 35.9 Å². The molecule has 0 unspecified atom stereocenters. The highest BCUT2D eigenvalue weighted by molar-refractivity contribution is 8.26. The number of phenolic OH excluding ortho intramolecular Hbond substituents is 1. The fraction of sp³-hybridized carbons (Fsp3) is 0.105. The molecule has 0 spiro atoms. The van der Waals surface area contributed by atoms with Crippen molar-refractivity contribution in [3.63, 3.8) is 0 Å². The Kier molecular flexibility index (Phi) is 6.25. The molecule has 8 nitrogen and oxygen atoms in total. The van der Waals surface area contributed by atoms with Gasteiger partial charge in [0.25, 0.3) is 11.6 Å². The van der Waals surface area contributed by atoms with Crippen LogP contribution in [0.1, 0.15) is 12.0 Å². The average Bonchev–Trinajstić information content (AvgIpc) is 2.95. The van der Waals surface area contributed by atoms with E-state index in [-0.39, 0.29) is 36.2 Å². The van der Waals surface area contributed by atoms with Crippen molar-refractivity contribution in [3.8, 4) is 5.75 Å². The van der Waals surface area contributed by atoms with Crippen molar-refractivity contribution in [1.82, 2.24) is 4.90 Å². The molecule has 29 heavy (non-hydrogen) atoms. The molecule has 0 bridgehead atoms. The molecule has 2 amide bonds. The maximum absolute atomic E-state index is 12.6. The van der Waals surface area contributed by atoms with Gasteiger partial charge in [-0.1, -0.05) is 36.1 Å². The average molecular weight is 429 g/mol. The number of rotatable bonds is 6. The van der Waals surface area contributed by atoms with Gasteiger partial charge in [0.1, 0.15) is 10.1 Å². The molecule has 1 heterocycles. The van der Waals surface area contributed by atoms with E-state index in [0.717, 1.165) is 11.8 Å². The number of carbonyl (C=O) groups excluding carboxylic acids is 2. The molecule has 0 saturated carbocycles. The third kappa shape index (κ3) is 5.18. The predicted octanol–water partition coefficient (Wildman–Crippen LogP) is 3.53. The van der Waals surface area contributed by atoms with Crippen LogP contribution in [0.5, 0.6) is 5.75 Å². The van der Waals surface area contributed by atoms with Crippen LogP contribution in [0.3, 0.4) is 0 Å². The lowest BCUT2D eigenvalue weighted by Crippen LogP contribution is -2.31. The second-order valence-electron chi connectivity index (χ2n) is 6.03. The van der Waals surface area contributed by atoms with Gasteiger partial charge in [0.05, 0.1) is 9.83 Å². The Bertz CT molecular complexity index is 1020. The number of hydrogen-bond donors (Lipinski definition) is 2. The summed E-state index contributed by atoms with van der Waals surface area (Å²) in [5, 5.41) is 22.8. The Labute approximate surface area is 175 Å². The first kappa shape index (κ1) is 20.5. The Morgan fingerprint density at radius 1 is 1.28 bits per heavy atom. The number of thioether (sulfide) groups is 1. The van der Waals surface area contributed by atoms with Gasteiger partial charge in [-0.2, -0.15) is 0 Å². The summed E-state index contributed by atoms with van der Waals surface area (Å²) in [5.41, 5.74) is 0.980. The molecule has 2 aromatic rings. The minimum absolute atomic E-state index is 0.0391. The summed E-state index contributed by atoms with van der Waals surface area (Å²) in [6, 6.07) is 12.0. The lowest BCUT2D eigenvalue weighted by Gasteiger charge is -2.14. The number of nitrogens with one attached hydrogen (secondary N) is 1. The van der Waals surface area contributed by atoms with Gasteiger partial charge >= 0.3 is 0 Å². The Balaban J connectivity index is 1.63. The number of aromatic hydroxyl groups is 1. The number of carbonyl (C=O) groups is 2. The minimum atomic E-state index is -0.505. The molecule has 0 aliphatic carbocycles. The second kappa shape index (κ2) is 8.84. The number of anilines is 1. The number of nitro groups is 1. The largest absolute Gasteiger partial charge is 0.508 e. The Morgan fingerprint density at radius 2 is 2.00 bits per heavy atom. The van der Waals surface area contributed by atoms with E-state index in [2.05, 4.69) is 5.32 Å². The van der Waals surface area contributed by atoms with Crippen LogP contribution in [0.25, 0.3) is 6.08 Å². The van der Waals surface area contributed by atoms with E-state index in [4.69, 9.17) is 12.2 Å². The normalized spacial score (nSPS) is 15.0. The molecule has 1 fully saturated rings. The van der Waals surface area contributed by atoms with E-state index in [1.54, 1.807) is 30.3 Å². The van der Waals surface area contributed by atoms with Crippen molar-refractivity contribution in [2.24, 2.45) is 0 Å². The zero-order valence-electron chi connectivity index (χ0n) is 14.9. The van der Waals surface area contributed by atoms with Gasteiger partial charge in [-0.15, -0.1) is 0 Å². The van der Waals surface area contributed by atoms with Crippen LogP contribution in [-0.4, -0.2) is 37.6 Å². The third-order valence-corrected chi connectivity index (χ3v) is 5.34. The quantitative estimate of drug-likeness (QED) is 0.237. The summed E-state index contributed by atoms with van der Waals surface area (Å²) >= 11 is 6.32. The van der Waals surface area contributed by atoms with Crippen molar-refractivity contribution < 1.29 is 19.6 Å². The van der Waals surface area contributed by atoms with Crippen LogP contribution in [-0.2, 0) is 9.59 Å². The molecule has 2 aromatic carbocycles. The number of amides is 2. The van der Waals surface area contributed by atoms with Gasteiger partial charge in [0, 0.05) is 30.8 Å². The predicted molar refractivity (Wildman–Crippen MR) is 114 cm³/mol. The highest BCUT2D eigenvalue weighted by Crippen LogP contribution is 2.33. The van der Waals surface area contributed by atoms with Crippen LogP contribution in [0.15, 0.2) is 53.4 Å². The molecule has 1 aliphatic heterocycles. The van der Waals surface area contributed by atoms with Gasteiger partial charge in [0.2, 0.25) is 5.91 Å². The van der Waals surface area contributed by atoms with Crippen LogP contribution >= 0.6 is 24.0 Å². The molecule has 3 rings (SSSR count).